The Balaban J connectivity index is 1.61. The molecule has 0 aliphatic heterocycles. The highest BCUT2D eigenvalue weighted by molar-refractivity contribution is 7.92. The van der Waals surface area contributed by atoms with E-state index >= 15 is 0 Å². The van der Waals surface area contributed by atoms with Gasteiger partial charge in [0.1, 0.15) is 5.75 Å². The minimum Gasteiger partial charge on any atom is -0.484 e. The maximum atomic E-state index is 12.6. The molecule has 0 aliphatic carbocycles. The van der Waals surface area contributed by atoms with Gasteiger partial charge in [0, 0.05) is 10.7 Å². The van der Waals surface area contributed by atoms with E-state index in [0.717, 1.165) is 11.1 Å². The van der Waals surface area contributed by atoms with E-state index in [1.165, 1.54) is 30.3 Å². The fourth-order valence-corrected chi connectivity index (χ4v) is 4.27. The fourth-order valence-electron chi connectivity index (χ4n) is 2.89. The summed E-state index contributed by atoms with van der Waals surface area (Å²) in [5.41, 5.74) is 2.79. The number of hydrogen-bond donors (Lipinski definition) is 2. The summed E-state index contributed by atoms with van der Waals surface area (Å²) in [5, 5.41) is 3.39. The first-order chi connectivity index (χ1) is 14.6. The van der Waals surface area contributed by atoms with Crippen molar-refractivity contribution in [3.63, 3.8) is 0 Å². The number of carbonyl (C=O) groups is 1. The van der Waals surface area contributed by atoms with Crippen LogP contribution in [0.15, 0.2) is 65.6 Å². The summed E-state index contributed by atoms with van der Waals surface area (Å²) in [5.74, 6) is -0.0879. The number of rotatable bonds is 7. The molecule has 0 unspecified atom stereocenters. The van der Waals surface area contributed by atoms with Gasteiger partial charge in [-0.25, -0.2) is 8.42 Å². The van der Waals surface area contributed by atoms with Crippen LogP contribution in [-0.4, -0.2) is 20.9 Å². The molecule has 1 amide bonds. The van der Waals surface area contributed by atoms with Crippen molar-refractivity contribution in [1.82, 2.24) is 0 Å². The number of aryl methyl sites for hydroxylation is 2. The van der Waals surface area contributed by atoms with Gasteiger partial charge in [0.05, 0.1) is 15.6 Å². The predicted octanol–water partition coefficient (Wildman–Crippen LogP) is 5.43. The van der Waals surface area contributed by atoms with Crippen LogP contribution in [-0.2, 0) is 14.8 Å². The molecule has 0 fully saturated rings. The second-order valence-corrected chi connectivity index (χ2v) is 9.44. The molecule has 0 spiro atoms. The van der Waals surface area contributed by atoms with Gasteiger partial charge < -0.3 is 10.1 Å². The molecule has 0 saturated heterocycles. The van der Waals surface area contributed by atoms with E-state index < -0.39 is 15.9 Å². The first-order valence-corrected chi connectivity index (χ1v) is 11.5. The number of sulfonamides is 1. The fraction of sp³-hybridized carbons (Fsp3) is 0.136. The molecular formula is C22H20Cl2N2O4S. The van der Waals surface area contributed by atoms with Gasteiger partial charge >= 0.3 is 0 Å². The molecule has 0 atom stereocenters. The molecule has 2 N–H and O–H groups in total. The zero-order chi connectivity index (χ0) is 22.6. The van der Waals surface area contributed by atoms with Crippen LogP contribution in [0.2, 0.25) is 10.0 Å². The van der Waals surface area contributed by atoms with Crippen molar-refractivity contribution in [1.29, 1.82) is 0 Å². The van der Waals surface area contributed by atoms with Crippen molar-refractivity contribution < 1.29 is 17.9 Å². The molecule has 0 aliphatic rings. The average molecular weight is 479 g/mol. The van der Waals surface area contributed by atoms with Gasteiger partial charge in [0.15, 0.2) is 6.61 Å². The Labute approximate surface area is 191 Å². The third-order valence-electron chi connectivity index (χ3n) is 4.18. The quantitative estimate of drug-likeness (QED) is 0.474. The van der Waals surface area contributed by atoms with Gasteiger partial charge in [0.25, 0.3) is 15.9 Å². The van der Waals surface area contributed by atoms with Gasteiger partial charge in [-0.1, -0.05) is 29.3 Å². The van der Waals surface area contributed by atoms with Crippen molar-refractivity contribution in [3.8, 4) is 5.75 Å². The summed E-state index contributed by atoms with van der Waals surface area (Å²) in [6, 6.07) is 16.0. The Morgan fingerprint density at radius 1 is 0.935 bits per heavy atom. The summed E-state index contributed by atoms with van der Waals surface area (Å²) in [7, 11) is -3.76. The molecule has 0 heterocycles. The second-order valence-electron chi connectivity index (χ2n) is 6.91. The van der Waals surface area contributed by atoms with E-state index in [1.54, 1.807) is 24.3 Å². The molecule has 0 bridgehead atoms. The third-order valence-corrected chi connectivity index (χ3v) is 6.14. The summed E-state index contributed by atoms with van der Waals surface area (Å²) in [4.78, 5) is 12.2. The lowest BCUT2D eigenvalue weighted by atomic mass is 10.1. The van der Waals surface area contributed by atoms with Crippen molar-refractivity contribution in [3.05, 3.63) is 81.8 Å². The van der Waals surface area contributed by atoms with E-state index in [4.69, 9.17) is 27.9 Å². The maximum Gasteiger partial charge on any atom is 0.262 e. The molecule has 0 saturated carbocycles. The molecule has 3 aromatic carbocycles. The lowest BCUT2D eigenvalue weighted by molar-refractivity contribution is -0.118. The van der Waals surface area contributed by atoms with Crippen LogP contribution in [0.3, 0.4) is 0 Å². The van der Waals surface area contributed by atoms with Gasteiger partial charge in [-0.05, 0) is 79.6 Å². The first-order valence-electron chi connectivity index (χ1n) is 9.21. The van der Waals surface area contributed by atoms with E-state index in [1.807, 2.05) is 19.9 Å². The van der Waals surface area contributed by atoms with E-state index in [-0.39, 0.29) is 11.5 Å². The molecule has 0 aromatic heterocycles. The highest BCUT2D eigenvalue weighted by Gasteiger charge is 2.15. The molecule has 31 heavy (non-hydrogen) atoms. The van der Waals surface area contributed by atoms with E-state index in [0.29, 0.717) is 27.2 Å². The number of nitrogens with one attached hydrogen (secondary N) is 2. The van der Waals surface area contributed by atoms with E-state index in [9.17, 15) is 13.2 Å². The first kappa shape index (κ1) is 22.9. The number of anilines is 2. The van der Waals surface area contributed by atoms with Crippen molar-refractivity contribution in [2.45, 2.75) is 18.7 Å². The van der Waals surface area contributed by atoms with Crippen molar-refractivity contribution in [2.24, 2.45) is 0 Å². The van der Waals surface area contributed by atoms with Gasteiger partial charge in [-0.3, -0.25) is 9.52 Å². The molecule has 9 heteroatoms. The number of carbonyl (C=O) groups excluding carboxylic acids is 1. The van der Waals surface area contributed by atoms with Gasteiger partial charge in [0.2, 0.25) is 0 Å². The van der Waals surface area contributed by atoms with E-state index in [2.05, 4.69) is 10.0 Å². The molecule has 6 nitrogen and oxygen atoms in total. The maximum absolute atomic E-state index is 12.6. The smallest absolute Gasteiger partial charge is 0.262 e. The Kier molecular flexibility index (Phi) is 7.10. The van der Waals surface area contributed by atoms with Crippen LogP contribution in [0.5, 0.6) is 5.75 Å². The standard InChI is InChI=1S/C22H20Cl2N2O4S/c1-14-9-15(2)11-17(10-14)26-31(28,29)19-6-4-18(5-7-19)30-13-22(27)25-21-12-16(23)3-8-20(21)24/h3-12,26H,13H2,1-2H3,(H,25,27). The minimum absolute atomic E-state index is 0.0779. The van der Waals surface area contributed by atoms with Crippen LogP contribution in [0.25, 0.3) is 0 Å². The Hall–Kier alpha value is -2.74. The largest absolute Gasteiger partial charge is 0.484 e. The molecule has 0 radical (unpaired) electrons. The highest BCUT2D eigenvalue weighted by Crippen LogP contribution is 2.25. The summed E-state index contributed by atoms with van der Waals surface area (Å²) >= 11 is 11.9. The normalized spacial score (nSPS) is 11.1. The van der Waals surface area contributed by atoms with Crippen molar-refractivity contribution in [2.75, 3.05) is 16.6 Å². The van der Waals surface area contributed by atoms with Gasteiger partial charge in [-0.2, -0.15) is 0 Å². The summed E-state index contributed by atoms with van der Waals surface area (Å²) in [6.45, 7) is 3.51. The zero-order valence-corrected chi connectivity index (χ0v) is 19.1. The number of hydrogen-bond acceptors (Lipinski definition) is 4. The minimum atomic E-state index is -3.76. The third kappa shape index (κ3) is 6.37. The Bertz CT molecular complexity index is 1190. The number of ether oxygens (including phenoxy) is 1. The molecule has 162 valence electrons. The van der Waals surface area contributed by atoms with Crippen molar-refractivity contribution >= 4 is 50.5 Å². The Morgan fingerprint density at radius 3 is 2.23 bits per heavy atom. The topological polar surface area (TPSA) is 84.5 Å². The molecule has 3 rings (SSSR count). The summed E-state index contributed by atoms with van der Waals surface area (Å²) < 4.78 is 33.2. The number of halogens is 2. The SMILES string of the molecule is Cc1cc(C)cc(NS(=O)(=O)c2ccc(OCC(=O)Nc3cc(Cl)ccc3Cl)cc2)c1. The highest BCUT2D eigenvalue weighted by atomic mass is 35.5. The lowest BCUT2D eigenvalue weighted by Crippen LogP contribution is -2.20. The van der Waals surface area contributed by atoms with Crippen LogP contribution < -0.4 is 14.8 Å². The van der Waals surface area contributed by atoms with Crippen LogP contribution in [0, 0.1) is 13.8 Å². The monoisotopic (exact) mass is 478 g/mol. The number of amides is 1. The summed E-state index contributed by atoms with van der Waals surface area (Å²) in [6.07, 6.45) is 0. The predicted molar refractivity (Wildman–Crippen MR) is 124 cm³/mol. The van der Waals surface area contributed by atoms with Crippen LogP contribution >= 0.6 is 23.2 Å². The second kappa shape index (κ2) is 9.60. The van der Waals surface area contributed by atoms with Crippen LogP contribution in [0.1, 0.15) is 11.1 Å². The Morgan fingerprint density at radius 2 is 1.58 bits per heavy atom. The average Bonchev–Trinajstić information content (AvgIpc) is 2.68. The zero-order valence-electron chi connectivity index (χ0n) is 16.8. The van der Waals surface area contributed by atoms with Gasteiger partial charge in [-0.15, -0.1) is 0 Å². The van der Waals surface area contributed by atoms with Crippen LogP contribution in [0.4, 0.5) is 11.4 Å². The molecular weight excluding hydrogens is 459 g/mol. The molecule has 3 aromatic rings. The number of benzene rings is 3. The lowest BCUT2D eigenvalue weighted by Gasteiger charge is -2.11.